The van der Waals surface area contributed by atoms with Crippen LogP contribution in [0.3, 0.4) is 0 Å². The fourth-order valence-electron chi connectivity index (χ4n) is 2.40. The van der Waals surface area contributed by atoms with Gasteiger partial charge < -0.3 is 5.32 Å². The van der Waals surface area contributed by atoms with Crippen LogP contribution in [0.2, 0.25) is 0 Å². The van der Waals surface area contributed by atoms with Crippen molar-refractivity contribution in [3.05, 3.63) is 16.3 Å². The van der Waals surface area contributed by atoms with Crippen molar-refractivity contribution in [1.82, 2.24) is 5.32 Å². The Bertz CT molecular complexity index is 369. The fraction of sp³-hybridized carbons (Fsp3) is 0.615. The smallest absolute Gasteiger partial charge is 0.261 e. The van der Waals surface area contributed by atoms with Crippen molar-refractivity contribution in [2.45, 2.75) is 43.4 Å². The van der Waals surface area contributed by atoms with E-state index in [0.29, 0.717) is 0 Å². The van der Waals surface area contributed by atoms with E-state index >= 15 is 0 Å². The highest BCUT2D eigenvalue weighted by molar-refractivity contribution is 7.80. The average molecular weight is 269 g/mol. The topological polar surface area (TPSA) is 29.1 Å². The maximum atomic E-state index is 11.8. The Kier molecular flexibility index (Phi) is 4.92. The van der Waals surface area contributed by atoms with Crippen LogP contribution in [0.15, 0.2) is 16.3 Å². The van der Waals surface area contributed by atoms with Crippen LogP contribution in [0.4, 0.5) is 0 Å². The van der Waals surface area contributed by atoms with Gasteiger partial charge >= 0.3 is 0 Å². The zero-order valence-corrected chi connectivity index (χ0v) is 11.7. The van der Waals surface area contributed by atoms with E-state index in [1.54, 1.807) is 0 Å². The van der Waals surface area contributed by atoms with E-state index in [1.165, 1.54) is 43.4 Å². The second-order valence-corrected chi connectivity index (χ2v) is 6.15. The van der Waals surface area contributed by atoms with Crippen molar-refractivity contribution in [3.63, 3.8) is 0 Å². The van der Waals surface area contributed by atoms with Crippen LogP contribution < -0.4 is 5.32 Å². The third-order valence-corrected chi connectivity index (χ3v) is 4.73. The van der Waals surface area contributed by atoms with E-state index in [1.807, 2.05) is 11.4 Å². The first-order valence-electron chi connectivity index (χ1n) is 6.31. The Morgan fingerprint density at radius 3 is 2.82 bits per heavy atom. The number of nitrogens with one attached hydrogen (secondary N) is 1. The first-order chi connectivity index (χ1) is 8.25. The molecule has 0 atom stereocenters. The highest BCUT2D eigenvalue weighted by atomic mass is 32.1. The van der Waals surface area contributed by atoms with Crippen molar-refractivity contribution in [2.75, 3.05) is 6.54 Å². The van der Waals surface area contributed by atoms with Crippen LogP contribution in [0, 0.1) is 5.92 Å². The minimum atomic E-state index is 0.0473. The summed E-state index contributed by atoms with van der Waals surface area (Å²) in [6.07, 6.45) is 7.94. The molecule has 0 unspecified atom stereocenters. The van der Waals surface area contributed by atoms with Gasteiger partial charge in [-0.2, -0.15) is 0 Å². The van der Waals surface area contributed by atoms with Crippen molar-refractivity contribution in [1.29, 1.82) is 0 Å². The van der Waals surface area contributed by atoms with Crippen molar-refractivity contribution < 1.29 is 4.79 Å². The number of thiol groups is 1. The third kappa shape index (κ3) is 4.03. The van der Waals surface area contributed by atoms with E-state index in [2.05, 4.69) is 17.9 Å². The molecule has 0 aromatic carbocycles. The van der Waals surface area contributed by atoms with Crippen LogP contribution in [0.5, 0.6) is 0 Å². The number of hydrogen-bond donors (Lipinski definition) is 2. The van der Waals surface area contributed by atoms with Crippen molar-refractivity contribution >= 4 is 29.9 Å². The average Bonchev–Trinajstić information content (AvgIpc) is 2.77. The standard InChI is InChI=1S/C13H19NOS2/c15-13(12-8-11(16)9-17-12)14-7-6-10-4-2-1-3-5-10/h8-10,16H,1-7H2,(H,14,15). The molecule has 2 rings (SSSR count). The summed E-state index contributed by atoms with van der Waals surface area (Å²) in [4.78, 5) is 13.4. The third-order valence-electron chi connectivity index (χ3n) is 3.37. The monoisotopic (exact) mass is 269 g/mol. The van der Waals surface area contributed by atoms with Gasteiger partial charge in [-0.3, -0.25) is 4.79 Å². The second-order valence-electron chi connectivity index (χ2n) is 4.72. The minimum Gasteiger partial charge on any atom is -0.351 e. The van der Waals surface area contributed by atoms with E-state index in [4.69, 9.17) is 0 Å². The summed E-state index contributed by atoms with van der Waals surface area (Å²) in [6.45, 7) is 0.809. The Balaban J connectivity index is 1.69. The van der Waals surface area contributed by atoms with Gasteiger partial charge in [-0.15, -0.1) is 24.0 Å². The summed E-state index contributed by atoms with van der Waals surface area (Å²) in [6, 6.07) is 1.82. The molecule has 1 aromatic heterocycles. The molecular formula is C13H19NOS2. The van der Waals surface area contributed by atoms with E-state index in [0.717, 1.165) is 28.7 Å². The van der Waals surface area contributed by atoms with Crippen LogP contribution in [-0.2, 0) is 0 Å². The first kappa shape index (κ1) is 13.0. The van der Waals surface area contributed by atoms with E-state index in [-0.39, 0.29) is 5.91 Å². The highest BCUT2D eigenvalue weighted by Crippen LogP contribution is 2.25. The zero-order chi connectivity index (χ0) is 12.1. The first-order valence-corrected chi connectivity index (χ1v) is 7.64. The Hall–Kier alpha value is -0.480. The highest BCUT2D eigenvalue weighted by Gasteiger charge is 2.14. The molecule has 0 bridgehead atoms. The molecule has 1 aliphatic carbocycles. The number of carbonyl (C=O) groups excluding carboxylic acids is 1. The molecule has 0 radical (unpaired) electrons. The number of thiophene rings is 1. The van der Waals surface area contributed by atoms with Crippen LogP contribution in [0.1, 0.15) is 48.2 Å². The van der Waals surface area contributed by atoms with Gasteiger partial charge in [0, 0.05) is 16.8 Å². The molecule has 1 N–H and O–H groups in total. The molecule has 17 heavy (non-hydrogen) atoms. The van der Waals surface area contributed by atoms with E-state index < -0.39 is 0 Å². The van der Waals surface area contributed by atoms with Crippen molar-refractivity contribution in [3.8, 4) is 0 Å². The molecule has 1 aliphatic rings. The normalized spacial score (nSPS) is 17.0. The van der Waals surface area contributed by atoms with Crippen LogP contribution in [-0.4, -0.2) is 12.5 Å². The summed E-state index contributed by atoms with van der Waals surface area (Å²) in [5.41, 5.74) is 0. The van der Waals surface area contributed by atoms with Gasteiger partial charge in [0.2, 0.25) is 0 Å². The predicted octanol–water partition coefficient (Wildman–Crippen LogP) is 3.74. The van der Waals surface area contributed by atoms with Gasteiger partial charge in [0.1, 0.15) is 0 Å². The molecule has 1 amide bonds. The van der Waals surface area contributed by atoms with Crippen LogP contribution in [0.25, 0.3) is 0 Å². The fourth-order valence-corrected chi connectivity index (χ4v) is 3.46. The summed E-state index contributed by atoms with van der Waals surface area (Å²) in [7, 11) is 0. The number of amides is 1. The molecule has 1 fully saturated rings. The summed E-state index contributed by atoms with van der Waals surface area (Å²) >= 11 is 5.66. The number of hydrogen-bond acceptors (Lipinski definition) is 3. The minimum absolute atomic E-state index is 0.0473. The Labute approximate surface area is 112 Å². The van der Waals surface area contributed by atoms with Crippen LogP contribution >= 0.6 is 24.0 Å². The maximum Gasteiger partial charge on any atom is 0.261 e. The molecule has 0 saturated heterocycles. The number of carbonyl (C=O) groups is 1. The molecule has 0 spiro atoms. The Morgan fingerprint density at radius 1 is 1.41 bits per heavy atom. The molecule has 1 heterocycles. The molecule has 1 saturated carbocycles. The molecule has 0 aliphatic heterocycles. The molecule has 4 heteroatoms. The number of rotatable bonds is 4. The van der Waals surface area contributed by atoms with Gasteiger partial charge in [0.05, 0.1) is 4.88 Å². The second kappa shape index (κ2) is 6.45. The molecule has 1 aromatic rings. The molecule has 94 valence electrons. The lowest BCUT2D eigenvalue weighted by molar-refractivity contribution is 0.0954. The summed E-state index contributed by atoms with van der Waals surface area (Å²) in [5, 5.41) is 4.89. The van der Waals surface area contributed by atoms with Gasteiger partial charge in [0.25, 0.3) is 5.91 Å². The molecular weight excluding hydrogens is 250 g/mol. The zero-order valence-electron chi connectivity index (χ0n) is 9.95. The van der Waals surface area contributed by atoms with Gasteiger partial charge in [-0.05, 0) is 18.4 Å². The van der Waals surface area contributed by atoms with Gasteiger partial charge in [-0.1, -0.05) is 32.1 Å². The lowest BCUT2D eigenvalue weighted by atomic mass is 9.87. The lowest BCUT2D eigenvalue weighted by Crippen LogP contribution is -2.25. The SMILES string of the molecule is O=C(NCCC1CCCCC1)c1cc(S)cs1. The summed E-state index contributed by atoms with van der Waals surface area (Å²) in [5.74, 6) is 0.874. The molecule has 2 nitrogen and oxygen atoms in total. The van der Waals surface area contributed by atoms with Gasteiger partial charge in [-0.25, -0.2) is 0 Å². The van der Waals surface area contributed by atoms with E-state index in [9.17, 15) is 4.79 Å². The quantitative estimate of drug-likeness (QED) is 0.801. The van der Waals surface area contributed by atoms with Crippen molar-refractivity contribution in [2.24, 2.45) is 5.92 Å². The Morgan fingerprint density at radius 2 is 2.18 bits per heavy atom. The lowest BCUT2D eigenvalue weighted by Gasteiger charge is -2.21. The maximum absolute atomic E-state index is 11.8. The predicted molar refractivity (Wildman–Crippen MR) is 75.1 cm³/mol. The summed E-state index contributed by atoms with van der Waals surface area (Å²) < 4.78 is 0. The van der Waals surface area contributed by atoms with Gasteiger partial charge in [0.15, 0.2) is 0 Å². The largest absolute Gasteiger partial charge is 0.351 e.